The first kappa shape index (κ1) is 13.1. The van der Waals surface area contributed by atoms with E-state index in [2.05, 4.69) is 52.4 Å². The molecule has 1 aromatic carbocycles. The fraction of sp³-hybridized carbons (Fsp3) is 0.625. The Labute approximate surface area is 116 Å². The molecular formula is C16H25N3. The van der Waals surface area contributed by atoms with E-state index in [1.54, 1.807) is 0 Å². The molecule has 3 nitrogen and oxygen atoms in total. The lowest BCUT2D eigenvalue weighted by atomic mass is 10.0. The Bertz CT molecular complexity index is 380. The van der Waals surface area contributed by atoms with Gasteiger partial charge in [0.1, 0.15) is 0 Å². The fourth-order valence-corrected chi connectivity index (χ4v) is 3.33. The lowest BCUT2D eigenvalue weighted by Crippen LogP contribution is -2.61. The topological polar surface area (TPSA) is 18.5 Å². The van der Waals surface area contributed by atoms with Gasteiger partial charge in [-0.1, -0.05) is 37.3 Å². The van der Waals surface area contributed by atoms with Crippen LogP contribution in [0.5, 0.6) is 0 Å². The van der Waals surface area contributed by atoms with Crippen LogP contribution in [0.3, 0.4) is 0 Å². The Morgan fingerprint density at radius 1 is 1.11 bits per heavy atom. The highest BCUT2D eigenvalue weighted by atomic mass is 15.3. The van der Waals surface area contributed by atoms with Crippen LogP contribution in [0.1, 0.15) is 24.9 Å². The molecule has 19 heavy (non-hydrogen) atoms. The second kappa shape index (κ2) is 6.04. The molecule has 0 bridgehead atoms. The maximum absolute atomic E-state index is 3.37. The number of rotatable bonds is 4. The summed E-state index contributed by atoms with van der Waals surface area (Å²) in [5.41, 5.74) is 1.48. The Morgan fingerprint density at radius 2 is 1.79 bits per heavy atom. The molecule has 0 aliphatic carbocycles. The van der Waals surface area contributed by atoms with Gasteiger partial charge in [-0.3, -0.25) is 9.80 Å². The summed E-state index contributed by atoms with van der Waals surface area (Å²) in [5, 5.41) is 3.37. The molecule has 1 N–H and O–H groups in total. The average Bonchev–Trinajstić information content (AvgIpc) is 2.41. The van der Waals surface area contributed by atoms with Crippen molar-refractivity contribution in [2.45, 2.75) is 25.4 Å². The van der Waals surface area contributed by atoms with E-state index in [0.717, 1.165) is 6.04 Å². The van der Waals surface area contributed by atoms with E-state index in [9.17, 15) is 0 Å². The van der Waals surface area contributed by atoms with E-state index >= 15 is 0 Å². The zero-order valence-electron chi connectivity index (χ0n) is 11.9. The van der Waals surface area contributed by atoms with Gasteiger partial charge >= 0.3 is 0 Å². The third-order valence-corrected chi connectivity index (χ3v) is 4.64. The van der Waals surface area contributed by atoms with Crippen LogP contribution in [-0.2, 0) is 0 Å². The second-order valence-electron chi connectivity index (χ2n) is 5.72. The molecule has 0 amide bonds. The van der Waals surface area contributed by atoms with Gasteiger partial charge in [0, 0.05) is 51.4 Å². The molecule has 3 heteroatoms. The van der Waals surface area contributed by atoms with Gasteiger partial charge in [0.15, 0.2) is 0 Å². The Morgan fingerprint density at radius 3 is 2.32 bits per heavy atom. The third-order valence-electron chi connectivity index (χ3n) is 4.64. The average molecular weight is 259 g/mol. The van der Waals surface area contributed by atoms with Gasteiger partial charge in [0.05, 0.1) is 0 Å². The normalized spacial score (nSPS) is 24.1. The summed E-state index contributed by atoms with van der Waals surface area (Å²) >= 11 is 0. The van der Waals surface area contributed by atoms with Gasteiger partial charge in [-0.2, -0.15) is 0 Å². The highest BCUT2D eigenvalue weighted by Gasteiger charge is 2.29. The highest BCUT2D eigenvalue weighted by molar-refractivity contribution is 5.19. The van der Waals surface area contributed by atoms with Crippen LogP contribution in [-0.4, -0.2) is 55.1 Å². The van der Waals surface area contributed by atoms with Crippen molar-refractivity contribution in [1.29, 1.82) is 0 Å². The predicted octanol–water partition coefficient (Wildman–Crippen LogP) is 1.73. The van der Waals surface area contributed by atoms with E-state index in [4.69, 9.17) is 0 Å². The second-order valence-corrected chi connectivity index (χ2v) is 5.72. The van der Waals surface area contributed by atoms with Crippen LogP contribution < -0.4 is 5.32 Å². The molecule has 2 aliphatic heterocycles. The Kier molecular flexibility index (Phi) is 4.16. The molecule has 0 radical (unpaired) electrons. The van der Waals surface area contributed by atoms with Crippen molar-refractivity contribution < 1.29 is 0 Å². The number of nitrogens with one attached hydrogen (secondary N) is 1. The zero-order valence-corrected chi connectivity index (χ0v) is 11.9. The number of nitrogens with zero attached hydrogens (tertiary/aromatic N) is 2. The van der Waals surface area contributed by atoms with Crippen molar-refractivity contribution in [2.24, 2.45) is 0 Å². The van der Waals surface area contributed by atoms with Crippen LogP contribution >= 0.6 is 0 Å². The SMILES string of the molecule is CCC(c1ccccc1)N1CCN(C2CNC2)CC1. The van der Waals surface area contributed by atoms with E-state index < -0.39 is 0 Å². The molecule has 2 fully saturated rings. The van der Waals surface area contributed by atoms with Crippen molar-refractivity contribution in [3.63, 3.8) is 0 Å². The summed E-state index contributed by atoms with van der Waals surface area (Å²) in [6.07, 6.45) is 1.20. The largest absolute Gasteiger partial charge is 0.314 e. The molecule has 2 aliphatic rings. The summed E-state index contributed by atoms with van der Waals surface area (Å²) in [7, 11) is 0. The van der Waals surface area contributed by atoms with Crippen LogP contribution in [0.4, 0.5) is 0 Å². The summed E-state index contributed by atoms with van der Waals surface area (Å²) in [6, 6.07) is 12.4. The van der Waals surface area contributed by atoms with Gasteiger partial charge in [-0.15, -0.1) is 0 Å². The number of hydrogen-bond acceptors (Lipinski definition) is 3. The van der Waals surface area contributed by atoms with Crippen molar-refractivity contribution >= 4 is 0 Å². The van der Waals surface area contributed by atoms with Crippen molar-refractivity contribution in [1.82, 2.24) is 15.1 Å². The molecule has 0 spiro atoms. The fourth-order valence-electron chi connectivity index (χ4n) is 3.33. The van der Waals surface area contributed by atoms with E-state index in [1.165, 1.54) is 51.3 Å². The monoisotopic (exact) mass is 259 g/mol. The molecule has 3 rings (SSSR count). The molecule has 104 valence electrons. The maximum Gasteiger partial charge on any atom is 0.0346 e. The standard InChI is InChI=1S/C16H25N3/c1-2-16(14-6-4-3-5-7-14)19-10-8-18(9-11-19)15-12-17-13-15/h3-7,15-17H,2,8-13H2,1H3. The van der Waals surface area contributed by atoms with Crippen LogP contribution in [0.2, 0.25) is 0 Å². The predicted molar refractivity (Wildman–Crippen MR) is 79.3 cm³/mol. The highest BCUT2D eigenvalue weighted by Crippen LogP contribution is 2.25. The van der Waals surface area contributed by atoms with Crippen LogP contribution in [0, 0.1) is 0 Å². The number of piperazine rings is 1. The summed E-state index contributed by atoms with van der Waals surface area (Å²) < 4.78 is 0. The first-order chi connectivity index (χ1) is 9.38. The zero-order chi connectivity index (χ0) is 13.1. The third kappa shape index (κ3) is 2.83. The minimum atomic E-state index is 0.600. The van der Waals surface area contributed by atoms with Crippen LogP contribution in [0.25, 0.3) is 0 Å². The lowest BCUT2D eigenvalue weighted by Gasteiger charge is -2.45. The van der Waals surface area contributed by atoms with Crippen molar-refractivity contribution in [3.8, 4) is 0 Å². The molecule has 2 heterocycles. The molecule has 0 saturated carbocycles. The van der Waals surface area contributed by atoms with Gasteiger partial charge in [-0.25, -0.2) is 0 Å². The van der Waals surface area contributed by atoms with E-state index in [1.807, 2.05) is 0 Å². The molecular weight excluding hydrogens is 234 g/mol. The van der Waals surface area contributed by atoms with Crippen molar-refractivity contribution in [3.05, 3.63) is 35.9 Å². The number of benzene rings is 1. The first-order valence-corrected chi connectivity index (χ1v) is 7.62. The smallest absolute Gasteiger partial charge is 0.0346 e. The van der Waals surface area contributed by atoms with Gasteiger partial charge in [0.2, 0.25) is 0 Å². The quantitative estimate of drug-likeness (QED) is 0.888. The summed E-state index contributed by atoms with van der Waals surface area (Å²) in [6.45, 7) is 9.57. The van der Waals surface area contributed by atoms with E-state index in [0.29, 0.717) is 6.04 Å². The lowest BCUT2D eigenvalue weighted by molar-refractivity contribution is 0.0502. The molecule has 0 aromatic heterocycles. The van der Waals surface area contributed by atoms with E-state index in [-0.39, 0.29) is 0 Å². The Balaban J connectivity index is 1.59. The summed E-state index contributed by atoms with van der Waals surface area (Å²) in [4.78, 5) is 5.32. The van der Waals surface area contributed by atoms with Gasteiger partial charge < -0.3 is 5.32 Å². The van der Waals surface area contributed by atoms with Crippen LogP contribution in [0.15, 0.2) is 30.3 Å². The van der Waals surface area contributed by atoms with Gasteiger partial charge in [-0.05, 0) is 12.0 Å². The Hall–Kier alpha value is -0.900. The number of hydrogen-bond donors (Lipinski definition) is 1. The van der Waals surface area contributed by atoms with Gasteiger partial charge in [0.25, 0.3) is 0 Å². The minimum absolute atomic E-state index is 0.600. The molecule has 1 atom stereocenters. The molecule has 2 saturated heterocycles. The molecule has 1 unspecified atom stereocenters. The summed E-state index contributed by atoms with van der Waals surface area (Å²) in [5.74, 6) is 0. The molecule has 1 aromatic rings. The first-order valence-electron chi connectivity index (χ1n) is 7.62. The van der Waals surface area contributed by atoms with Crippen molar-refractivity contribution in [2.75, 3.05) is 39.3 Å². The maximum atomic E-state index is 3.37. The minimum Gasteiger partial charge on any atom is -0.314 e.